The van der Waals surface area contributed by atoms with Crippen LogP contribution in [0.1, 0.15) is 11.1 Å². The van der Waals surface area contributed by atoms with E-state index in [2.05, 4.69) is 0 Å². The van der Waals surface area contributed by atoms with Crippen LogP contribution >= 0.6 is 7.14 Å². The maximum absolute atomic E-state index is 14.9. The van der Waals surface area contributed by atoms with Gasteiger partial charge in [-0.1, -0.05) is 91.0 Å². The molecule has 1 aliphatic heterocycles. The van der Waals surface area contributed by atoms with E-state index in [0.717, 1.165) is 11.1 Å². The molecule has 0 saturated carbocycles. The number of rotatable bonds is 3. The summed E-state index contributed by atoms with van der Waals surface area (Å²) in [5.41, 5.74) is 2.08. The normalized spacial score (nSPS) is 17.9. The highest BCUT2D eigenvalue weighted by Crippen LogP contribution is 2.69. The first-order valence-corrected chi connectivity index (χ1v) is 11.1. The molecule has 0 amide bonds. The van der Waals surface area contributed by atoms with E-state index < -0.39 is 7.14 Å². The summed E-state index contributed by atoms with van der Waals surface area (Å²) in [4.78, 5) is 0. The Morgan fingerprint density at radius 2 is 1.03 bits per heavy atom. The number of nitriles is 2. The van der Waals surface area contributed by atoms with Gasteiger partial charge in [0.25, 0.3) is 0 Å². The van der Waals surface area contributed by atoms with Crippen molar-refractivity contribution >= 4 is 23.1 Å². The fourth-order valence-electron chi connectivity index (χ4n) is 3.61. The van der Waals surface area contributed by atoms with Gasteiger partial charge < -0.3 is 4.57 Å². The molecule has 1 aliphatic rings. The summed E-state index contributed by atoms with van der Waals surface area (Å²) < 4.78 is 14.9. The Balaban J connectivity index is 2.11. The highest BCUT2D eigenvalue weighted by atomic mass is 31.2. The smallest absolute Gasteiger partial charge is 0.172 e. The second-order valence-corrected chi connectivity index (χ2v) is 9.49. The maximum atomic E-state index is 14.9. The van der Waals surface area contributed by atoms with Crippen LogP contribution in [0.15, 0.2) is 114 Å². The first-order valence-electron chi connectivity index (χ1n) is 9.44. The molecular formula is C26H17N2OP. The van der Waals surface area contributed by atoms with Crippen LogP contribution in [0.3, 0.4) is 0 Å². The monoisotopic (exact) mass is 404 g/mol. The van der Waals surface area contributed by atoms with E-state index in [-0.39, 0.29) is 5.57 Å². The van der Waals surface area contributed by atoms with Crippen molar-refractivity contribution in [2.75, 3.05) is 0 Å². The maximum Gasteiger partial charge on any atom is 0.172 e. The Bertz CT molecular complexity index is 1230. The Morgan fingerprint density at radius 1 is 0.633 bits per heavy atom. The third kappa shape index (κ3) is 3.33. The van der Waals surface area contributed by atoms with Gasteiger partial charge in [-0.05, 0) is 23.3 Å². The topological polar surface area (TPSA) is 64.7 Å². The van der Waals surface area contributed by atoms with Crippen molar-refractivity contribution in [1.82, 2.24) is 0 Å². The van der Waals surface area contributed by atoms with E-state index in [0.29, 0.717) is 21.5 Å². The van der Waals surface area contributed by atoms with Crippen LogP contribution in [-0.2, 0) is 4.57 Å². The van der Waals surface area contributed by atoms with Gasteiger partial charge in [0.2, 0.25) is 0 Å². The van der Waals surface area contributed by atoms with Gasteiger partial charge in [0.05, 0.1) is 0 Å². The molecule has 0 atom stereocenters. The largest absolute Gasteiger partial charge is 0.309 e. The Morgan fingerprint density at radius 3 is 1.43 bits per heavy atom. The van der Waals surface area contributed by atoms with Crippen molar-refractivity contribution < 1.29 is 4.57 Å². The number of benzene rings is 3. The van der Waals surface area contributed by atoms with Gasteiger partial charge in [0.1, 0.15) is 17.7 Å². The molecule has 3 nitrogen and oxygen atoms in total. The highest BCUT2D eigenvalue weighted by Gasteiger charge is 2.38. The summed E-state index contributed by atoms with van der Waals surface area (Å²) in [7, 11) is -3.26. The average molecular weight is 404 g/mol. The summed E-state index contributed by atoms with van der Waals surface area (Å²) in [6.07, 6.45) is 3.47. The van der Waals surface area contributed by atoms with Gasteiger partial charge in [-0.25, -0.2) is 0 Å². The lowest BCUT2D eigenvalue weighted by molar-refractivity contribution is 0.593. The van der Waals surface area contributed by atoms with Gasteiger partial charge in [-0.3, -0.25) is 0 Å². The van der Waals surface area contributed by atoms with Gasteiger partial charge >= 0.3 is 0 Å². The quantitative estimate of drug-likeness (QED) is 0.390. The minimum absolute atomic E-state index is 0.00354. The zero-order chi connectivity index (χ0) is 21.0. The summed E-state index contributed by atoms with van der Waals surface area (Å²) >= 11 is 0. The lowest BCUT2D eigenvalue weighted by Crippen LogP contribution is -2.11. The van der Waals surface area contributed by atoms with Crippen molar-refractivity contribution in [2.24, 2.45) is 0 Å². The fraction of sp³-hybridized carbons (Fsp3) is 0. The minimum atomic E-state index is -3.26. The van der Waals surface area contributed by atoms with Crippen molar-refractivity contribution in [3.8, 4) is 12.1 Å². The van der Waals surface area contributed by atoms with Crippen LogP contribution < -0.4 is 5.30 Å². The van der Waals surface area contributed by atoms with Crippen LogP contribution in [-0.4, -0.2) is 0 Å². The third-order valence-corrected chi connectivity index (χ3v) is 8.19. The molecule has 0 N–H and O–H groups in total. The molecule has 1 heterocycles. The van der Waals surface area contributed by atoms with Crippen molar-refractivity contribution in [1.29, 1.82) is 10.5 Å². The third-order valence-electron chi connectivity index (χ3n) is 5.03. The van der Waals surface area contributed by atoms with Gasteiger partial charge in [-0.15, -0.1) is 0 Å². The molecular weight excluding hydrogens is 387 g/mol. The molecule has 4 heteroatoms. The molecule has 0 unspecified atom stereocenters. The van der Waals surface area contributed by atoms with Crippen molar-refractivity contribution in [2.45, 2.75) is 0 Å². The summed E-state index contributed by atoms with van der Waals surface area (Å²) in [5.74, 6) is 0. The molecule has 0 fully saturated rings. The van der Waals surface area contributed by atoms with E-state index >= 15 is 0 Å². The Kier molecular flexibility index (Phi) is 5.32. The molecule has 0 spiro atoms. The lowest BCUT2D eigenvalue weighted by atomic mass is 10.0. The predicted octanol–water partition coefficient (Wildman–Crippen LogP) is 6.11. The van der Waals surface area contributed by atoms with E-state index in [1.54, 1.807) is 12.2 Å². The first kappa shape index (κ1) is 19.4. The van der Waals surface area contributed by atoms with E-state index in [9.17, 15) is 15.1 Å². The Hall–Kier alpha value is -3.91. The zero-order valence-corrected chi connectivity index (χ0v) is 17.0. The molecule has 0 aliphatic carbocycles. The van der Waals surface area contributed by atoms with Crippen molar-refractivity contribution in [3.05, 3.63) is 125 Å². The first-order chi connectivity index (χ1) is 14.7. The molecule has 0 aromatic heterocycles. The number of hydrogen-bond donors (Lipinski definition) is 0. The lowest BCUT2D eigenvalue weighted by Gasteiger charge is -2.29. The van der Waals surface area contributed by atoms with Crippen LogP contribution in [0.5, 0.6) is 0 Å². The van der Waals surface area contributed by atoms with Crippen LogP contribution in [0.2, 0.25) is 0 Å². The van der Waals surface area contributed by atoms with E-state index in [1.807, 2.05) is 103 Å². The Labute approximate surface area is 175 Å². The van der Waals surface area contributed by atoms with E-state index in [1.165, 1.54) is 0 Å². The van der Waals surface area contributed by atoms with Gasteiger partial charge in [0, 0.05) is 21.5 Å². The standard InChI is InChI=1S/C26H17N2OP/c27-18-23(19-28)22-16-25(20-10-4-1-5-11-20)30(29,24-14-8-3-9-15-24)26(17-22)21-12-6-2-7-13-21/h1-17H. The highest BCUT2D eigenvalue weighted by molar-refractivity contribution is 7.90. The average Bonchev–Trinajstić information content (AvgIpc) is 2.82. The molecule has 3 aromatic carbocycles. The second kappa shape index (κ2) is 8.22. The zero-order valence-electron chi connectivity index (χ0n) is 16.1. The second-order valence-electron chi connectivity index (χ2n) is 6.79. The van der Waals surface area contributed by atoms with Gasteiger partial charge in [-0.2, -0.15) is 10.5 Å². The molecule has 142 valence electrons. The molecule has 0 bridgehead atoms. The van der Waals surface area contributed by atoms with E-state index in [4.69, 9.17) is 0 Å². The van der Waals surface area contributed by atoms with Crippen molar-refractivity contribution in [3.63, 3.8) is 0 Å². The summed E-state index contributed by atoms with van der Waals surface area (Å²) in [6, 6.07) is 32.4. The number of hydrogen-bond acceptors (Lipinski definition) is 3. The predicted molar refractivity (Wildman–Crippen MR) is 121 cm³/mol. The van der Waals surface area contributed by atoms with Crippen LogP contribution in [0.4, 0.5) is 0 Å². The molecule has 0 saturated heterocycles. The summed E-state index contributed by atoms with van der Waals surface area (Å²) in [6.45, 7) is 0. The summed E-state index contributed by atoms with van der Waals surface area (Å²) in [5, 5.41) is 20.9. The molecule has 3 aromatic rings. The van der Waals surface area contributed by atoms with Crippen LogP contribution in [0.25, 0.3) is 10.6 Å². The molecule has 4 rings (SSSR count). The molecule has 30 heavy (non-hydrogen) atoms. The molecule has 0 radical (unpaired) electrons. The fourth-order valence-corrected chi connectivity index (χ4v) is 6.69. The van der Waals surface area contributed by atoms with Gasteiger partial charge in [0.15, 0.2) is 7.14 Å². The minimum Gasteiger partial charge on any atom is -0.309 e. The SMILES string of the molecule is N#CC(C#N)=C1C=C(c2ccccc2)P(=O)(c2ccccc2)C(c2ccccc2)=C1. The van der Waals surface area contributed by atoms with Crippen LogP contribution in [0, 0.1) is 22.7 Å². The number of allylic oxidation sites excluding steroid dienone is 4. The number of nitrogens with zero attached hydrogens (tertiary/aromatic N) is 2.